The molecule has 0 saturated heterocycles. The minimum Gasteiger partial charge on any atom is -0.491 e. The van der Waals surface area contributed by atoms with E-state index in [9.17, 15) is 4.79 Å². The predicted octanol–water partition coefficient (Wildman–Crippen LogP) is 1.33. The molecule has 1 aliphatic rings. The molecule has 0 radical (unpaired) electrons. The maximum Gasteiger partial charge on any atom is 0.258 e. The van der Waals surface area contributed by atoms with Crippen molar-refractivity contribution in [2.75, 3.05) is 20.5 Å². The highest BCUT2D eigenvalue weighted by Crippen LogP contribution is 2.32. The van der Waals surface area contributed by atoms with Gasteiger partial charge in [-0.05, 0) is 28.1 Å². The molecule has 4 rings (SSSR count). The van der Waals surface area contributed by atoms with Gasteiger partial charge >= 0.3 is 0 Å². The number of methoxy groups -OCH3 is 1. The Bertz CT molecular complexity index is 1080. The van der Waals surface area contributed by atoms with E-state index in [1.807, 2.05) is 18.2 Å². The van der Waals surface area contributed by atoms with Crippen LogP contribution in [0.3, 0.4) is 0 Å². The highest BCUT2D eigenvalue weighted by atomic mass is 32.2. The molecule has 3 aromatic rings. The molecule has 0 unspecified atom stereocenters. The number of nitrogens with zero attached hydrogens (tertiary/aromatic N) is 5. The third-order valence-corrected chi connectivity index (χ3v) is 5.37. The zero-order valence-corrected chi connectivity index (χ0v) is 17.7. The Morgan fingerprint density at radius 3 is 2.94 bits per heavy atom. The summed E-state index contributed by atoms with van der Waals surface area (Å²) in [6, 6.07) is 7.27. The van der Waals surface area contributed by atoms with Crippen LogP contribution in [0.2, 0.25) is 0 Å². The topological polar surface area (TPSA) is 123 Å². The molecule has 0 fully saturated rings. The van der Waals surface area contributed by atoms with Crippen molar-refractivity contribution in [3.63, 3.8) is 0 Å². The number of rotatable bonds is 9. The zero-order chi connectivity index (χ0) is 21.6. The first kappa shape index (κ1) is 20.7. The number of aryl methyl sites for hydroxylation is 1. The fraction of sp³-hybridized carbons (Fsp3) is 0.316. The quantitative estimate of drug-likeness (QED) is 0.484. The smallest absolute Gasteiger partial charge is 0.258 e. The summed E-state index contributed by atoms with van der Waals surface area (Å²) < 4.78 is 23.2. The maximum atomic E-state index is 12.2. The van der Waals surface area contributed by atoms with Crippen LogP contribution in [0, 0.1) is 0 Å². The Morgan fingerprint density at radius 1 is 1.26 bits per heavy atom. The number of nitrogens with one attached hydrogen (secondary N) is 1. The van der Waals surface area contributed by atoms with E-state index in [4.69, 9.17) is 18.9 Å². The second-order valence-corrected chi connectivity index (χ2v) is 7.40. The van der Waals surface area contributed by atoms with Crippen molar-refractivity contribution in [2.45, 2.75) is 17.5 Å². The Morgan fingerprint density at radius 2 is 2.13 bits per heavy atom. The number of fused-ring (bicyclic) bond motifs is 1. The van der Waals surface area contributed by atoms with Crippen LogP contribution >= 0.6 is 11.8 Å². The minimum absolute atomic E-state index is 0.162. The number of ether oxygens (including phenoxy) is 4. The lowest BCUT2D eigenvalue weighted by atomic mass is 10.2. The number of benzene rings is 1. The molecule has 0 bridgehead atoms. The van der Waals surface area contributed by atoms with Gasteiger partial charge in [-0.25, -0.2) is 4.68 Å². The summed E-state index contributed by atoms with van der Waals surface area (Å²) in [5.41, 5.74) is 1.64. The molecular formula is C19H20N6O5S. The van der Waals surface area contributed by atoms with Gasteiger partial charge in [-0.3, -0.25) is 9.78 Å². The third-order valence-electron chi connectivity index (χ3n) is 4.32. The normalized spacial score (nSPS) is 11.9. The Balaban J connectivity index is 1.31. The number of thioether (sulfide) groups is 1. The van der Waals surface area contributed by atoms with Crippen molar-refractivity contribution >= 4 is 17.7 Å². The van der Waals surface area contributed by atoms with Gasteiger partial charge in [0.25, 0.3) is 5.91 Å². The van der Waals surface area contributed by atoms with Crippen LogP contribution < -0.4 is 24.3 Å². The van der Waals surface area contributed by atoms with Crippen LogP contribution in [0.15, 0.2) is 35.6 Å². The number of tetrazole rings is 1. The van der Waals surface area contributed by atoms with Crippen molar-refractivity contribution in [1.82, 2.24) is 30.5 Å². The van der Waals surface area contributed by atoms with Gasteiger partial charge in [-0.2, -0.15) is 0 Å². The van der Waals surface area contributed by atoms with E-state index in [-0.39, 0.29) is 19.3 Å². The number of aromatic nitrogens is 5. The molecule has 12 heteroatoms. The Hall–Kier alpha value is -3.54. The Kier molecular flexibility index (Phi) is 6.36. The van der Waals surface area contributed by atoms with E-state index in [2.05, 4.69) is 25.8 Å². The average molecular weight is 444 g/mol. The molecule has 0 spiro atoms. The van der Waals surface area contributed by atoms with E-state index in [0.29, 0.717) is 40.5 Å². The molecule has 1 amide bonds. The highest BCUT2D eigenvalue weighted by Gasteiger charge is 2.14. The largest absolute Gasteiger partial charge is 0.491 e. The van der Waals surface area contributed by atoms with Gasteiger partial charge in [-0.1, -0.05) is 17.8 Å². The lowest BCUT2D eigenvalue weighted by Crippen LogP contribution is -2.28. The van der Waals surface area contributed by atoms with Crippen LogP contribution in [-0.4, -0.2) is 51.6 Å². The average Bonchev–Trinajstić information content (AvgIpc) is 3.42. The molecule has 11 nitrogen and oxygen atoms in total. The van der Waals surface area contributed by atoms with Gasteiger partial charge in [0, 0.05) is 25.4 Å². The zero-order valence-electron chi connectivity index (χ0n) is 16.9. The summed E-state index contributed by atoms with van der Waals surface area (Å²) >= 11 is 1.44. The molecule has 2 aromatic heterocycles. The van der Waals surface area contributed by atoms with Crippen molar-refractivity contribution in [1.29, 1.82) is 0 Å². The van der Waals surface area contributed by atoms with Gasteiger partial charge in [0.1, 0.15) is 0 Å². The minimum atomic E-state index is -0.266. The third kappa shape index (κ3) is 5.15. The number of hydrogen-bond acceptors (Lipinski definition) is 10. The first-order valence-electron chi connectivity index (χ1n) is 9.28. The number of amides is 1. The summed E-state index contributed by atoms with van der Waals surface area (Å²) in [5.74, 6) is 2.52. The van der Waals surface area contributed by atoms with E-state index in [1.54, 1.807) is 24.0 Å². The van der Waals surface area contributed by atoms with Crippen molar-refractivity contribution < 1.29 is 23.7 Å². The SMILES string of the molecule is COc1cnc(CSc2nnnn2C)cc1OCC(=O)NCc1ccc2c(c1)OCO2. The summed E-state index contributed by atoms with van der Waals surface area (Å²) in [6.45, 7) is 0.396. The van der Waals surface area contributed by atoms with Crippen LogP contribution in [0.5, 0.6) is 23.0 Å². The lowest BCUT2D eigenvalue weighted by molar-refractivity contribution is -0.123. The van der Waals surface area contributed by atoms with Crippen LogP contribution in [-0.2, 0) is 24.1 Å². The first-order valence-corrected chi connectivity index (χ1v) is 10.3. The van der Waals surface area contributed by atoms with Crippen LogP contribution in [0.25, 0.3) is 0 Å². The summed E-state index contributed by atoms with van der Waals surface area (Å²) in [6.07, 6.45) is 1.56. The van der Waals surface area contributed by atoms with Gasteiger partial charge in [0.2, 0.25) is 11.9 Å². The molecule has 31 heavy (non-hydrogen) atoms. The lowest BCUT2D eigenvalue weighted by Gasteiger charge is -2.12. The highest BCUT2D eigenvalue weighted by molar-refractivity contribution is 7.98. The van der Waals surface area contributed by atoms with E-state index in [1.165, 1.54) is 18.9 Å². The number of carbonyl (C=O) groups excluding carboxylic acids is 1. The predicted molar refractivity (Wildman–Crippen MR) is 109 cm³/mol. The molecule has 162 valence electrons. The van der Waals surface area contributed by atoms with Gasteiger partial charge in [0.05, 0.1) is 19.0 Å². The molecule has 1 aromatic carbocycles. The molecule has 0 atom stereocenters. The molecule has 1 N–H and O–H groups in total. The fourth-order valence-corrected chi connectivity index (χ4v) is 3.49. The molecular weight excluding hydrogens is 424 g/mol. The Labute approximate surface area is 182 Å². The first-order chi connectivity index (χ1) is 15.1. The number of hydrogen-bond donors (Lipinski definition) is 1. The van der Waals surface area contributed by atoms with Gasteiger partial charge in [0.15, 0.2) is 29.6 Å². The van der Waals surface area contributed by atoms with E-state index < -0.39 is 0 Å². The van der Waals surface area contributed by atoms with E-state index in [0.717, 1.165) is 11.3 Å². The molecule has 3 heterocycles. The molecule has 1 aliphatic heterocycles. The van der Waals surface area contributed by atoms with Crippen molar-refractivity contribution in [3.05, 3.63) is 41.7 Å². The monoisotopic (exact) mass is 444 g/mol. The van der Waals surface area contributed by atoms with Gasteiger partial charge < -0.3 is 24.3 Å². The van der Waals surface area contributed by atoms with Crippen molar-refractivity contribution in [3.8, 4) is 23.0 Å². The summed E-state index contributed by atoms with van der Waals surface area (Å²) in [7, 11) is 3.28. The second-order valence-electron chi connectivity index (χ2n) is 6.45. The van der Waals surface area contributed by atoms with E-state index >= 15 is 0 Å². The van der Waals surface area contributed by atoms with Crippen LogP contribution in [0.1, 0.15) is 11.3 Å². The molecule has 0 saturated carbocycles. The molecule has 0 aliphatic carbocycles. The maximum absolute atomic E-state index is 12.2. The number of pyridine rings is 1. The summed E-state index contributed by atoms with van der Waals surface area (Å²) in [4.78, 5) is 16.6. The van der Waals surface area contributed by atoms with Crippen LogP contribution in [0.4, 0.5) is 0 Å². The van der Waals surface area contributed by atoms with Crippen molar-refractivity contribution in [2.24, 2.45) is 7.05 Å². The standard InChI is InChI=1S/C19H20N6O5S/c1-25-19(22-23-24-25)31-10-13-6-16(17(27-2)8-20-13)28-9-18(26)21-7-12-3-4-14-15(5-12)30-11-29-14/h3-6,8H,7,9-11H2,1-2H3,(H,21,26). The second kappa shape index (κ2) is 9.51. The van der Waals surface area contributed by atoms with Gasteiger partial charge in [-0.15, -0.1) is 5.10 Å². The number of carbonyl (C=O) groups is 1. The fourth-order valence-electron chi connectivity index (χ4n) is 2.74. The summed E-state index contributed by atoms with van der Waals surface area (Å²) in [5, 5.41) is 14.8.